The fourth-order valence-corrected chi connectivity index (χ4v) is 3.36. The van der Waals surface area contributed by atoms with Crippen molar-refractivity contribution in [3.8, 4) is 5.75 Å². The van der Waals surface area contributed by atoms with Crippen LogP contribution in [0, 0.1) is 13.8 Å². The number of aryl methyl sites for hydroxylation is 2. The molecule has 2 aromatic carbocycles. The fourth-order valence-electron chi connectivity index (χ4n) is 3.23. The highest BCUT2D eigenvalue weighted by atomic mass is 35.5. The van der Waals surface area contributed by atoms with Crippen LogP contribution in [0.5, 0.6) is 5.75 Å². The summed E-state index contributed by atoms with van der Waals surface area (Å²) in [6, 6.07) is 12.6. The van der Waals surface area contributed by atoms with Crippen LogP contribution < -0.4 is 10.1 Å². The lowest BCUT2D eigenvalue weighted by molar-refractivity contribution is -0.143. The number of hydrogen-bond acceptors (Lipinski definition) is 3. The van der Waals surface area contributed by atoms with Gasteiger partial charge in [0.2, 0.25) is 5.91 Å². The molecule has 2 aromatic rings. The third-order valence-electron chi connectivity index (χ3n) is 5.35. The Labute approximate surface area is 190 Å². The molecule has 0 aliphatic carbocycles. The molecule has 6 heteroatoms. The van der Waals surface area contributed by atoms with Crippen LogP contribution in [0.1, 0.15) is 50.3 Å². The van der Waals surface area contributed by atoms with E-state index in [2.05, 4.69) is 5.32 Å². The topological polar surface area (TPSA) is 58.6 Å². The summed E-state index contributed by atoms with van der Waals surface area (Å²) in [5, 5.41) is 3.63. The summed E-state index contributed by atoms with van der Waals surface area (Å²) in [6.07, 6.45) is 1.33. The second kappa shape index (κ2) is 11.8. The lowest BCUT2D eigenvalue weighted by atomic mass is 10.1. The van der Waals surface area contributed by atoms with Crippen LogP contribution in [0.4, 0.5) is 0 Å². The molecule has 0 radical (unpaired) electrons. The van der Waals surface area contributed by atoms with E-state index in [0.29, 0.717) is 23.7 Å². The van der Waals surface area contributed by atoms with Crippen LogP contribution in [-0.2, 0) is 16.1 Å². The van der Waals surface area contributed by atoms with Gasteiger partial charge < -0.3 is 15.0 Å². The van der Waals surface area contributed by atoms with E-state index in [-0.39, 0.29) is 24.5 Å². The molecule has 0 bridgehead atoms. The molecule has 0 heterocycles. The molecule has 2 amide bonds. The van der Waals surface area contributed by atoms with Crippen molar-refractivity contribution in [2.24, 2.45) is 0 Å². The van der Waals surface area contributed by atoms with Crippen LogP contribution in [0.3, 0.4) is 0 Å². The van der Waals surface area contributed by atoms with Crippen LogP contribution in [0.25, 0.3) is 0 Å². The number of rotatable bonds is 10. The SMILES string of the molecule is CC[C@@H](C)NC(=O)[C@H](CC)N(Cc1ccc(Cl)cc1)C(=O)COc1cc(C)ccc1C. The number of nitrogens with zero attached hydrogens (tertiary/aromatic N) is 1. The van der Waals surface area contributed by atoms with Crippen molar-refractivity contribution in [1.29, 1.82) is 0 Å². The summed E-state index contributed by atoms with van der Waals surface area (Å²) in [7, 11) is 0. The van der Waals surface area contributed by atoms with Gasteiger partial charge in [0.15, 0.2) is 6.61 Å². The van der Waals surface area contributed by atoms with Gasteiger partial charge in [-0.15, -0.1) is 0 Å². The van der Waals surface area contributed by atoms with Gasteiger partial charge in [-0.25, -0.2) is 0 Å². The number of nitrogens with one attached hydrogen (secondary N) is 1. The van der Waals surface area contributed by atoms with Gasteiger partial charge in [-0.3, -0.25) is 9.59 Å². The monoisotopic (exact) mass is 444 g/mol. The van der Waals surface area contributed by atoms with Gasteiger partial charge in [0, 0.05) is 17.6 Å². The van der Waals surface area contributed by atoms with Gasteiger partial charge >= 0.3 is 0 Å². The standard InChI is InChI=1S/C25H33ClN2O3/c1-6-19(5)27-25(30)22(7-2)28(15-20-10-12-21(26)13-11-20)24(29)16-31-23-14-17(3)8-9-18(23)4/h8-14,19,22H,6-7,15-16H2,1-5H3,(H,27,30)/t19-,22+/m1/s1. The zero-order valence-electron chi connectivity index (χ0n) is 19.1. The van der Waals surface area contributed by atoms with Crippen molar-refractivity contribution >= 4 is 23.4 Å². The average molecular weight is 445 g/mol. The van der Waals surface area contributed by atoms with E-state index in [0.717, 1.165) is 23.1 Å². The molecule has 2 atom stereocenters. The Kier molecular flexibility index (Phi) is 9.38. The summed E-state index contributed by atoms with van der Waals surface area (Å²) < 4.78 is 5.85. The summed E-state index contributed by atoms with van der Waals surface area (Å²) in [6.45, 7) is 9.98. The van der Waals surface area contributed by atoms with E-state index >= 15 is 0 Å². The van der Waals surface area contributed by atoms with E-state index in [4.69, 9.17) is 16.3 Å². The van der Waals surface area contributed by atoms with Crippen LogP contribution in [-0.4, -0.2) is 35.4 Å². The molecule has 1 N–H and O–H groups in total. The highest BCUT2D eigenvalue weighted by Crippen LogP contribution is 2.20. The second-order valence-electron chi connectivity index (χ2n) is 7.95. The molecule has 0 aliphatic rings. The Balaban J connectivity index is 2.23. The van der Waals surface area contributed by atoms with Crippen LogP contribution in [0.15, 0.2) is 42.5 Å². The van der Waals surface area contributed by atoms with E-state index in [1.54, 1.807) is 17.0 Å². The van der Waals surface area contributed by atoms with Crippen molar-refractivity contribution in [2.45, 2.75) is 66.1 Å². The number of carbonyl (C=O) groups is 2. The van der Waals surface area contributed by atoms with Gasteiger partial charge in [-0.05, 0) is 68.5 Å². The van der Waals surface area contributed by atoms with Crippen LogP contribution >= 0.6 is 11.6 Å². The summed E-state index contributed by atoms with van der Waals surface area (Å²) >= 11 is 6.00. The highest BCUT2D eigenvalue weighted by Gasteiger charge is 2.29. The minimum Gasteiger partial charge on any atom is -0.483 e. The first kappa shape index (κ1) is 24.7. The molecule has 0 unspecified atom stereocenters. The molecule has 0 aromatic heterocycles. The normalized spacial score (nSPS) is 12.7. The fraction of sp³-hybridized carbons (Fsp3) is 0.440. The second-order valence-corrected chi connectivity index (χ2v) is 8.38. The number of amides is 2. The van der Waals surface area contributed by atoms with E-state index in [9.17, 15) is 9.59 Å². The van der Waals surface area contributed by atoms with E-state index < -0.39 is 6.04 Å². The van der Waals surface area contributed by atoms with Gasteiger partial charge in [0.05, 0.1) is 0 Å². The first-order valence-corrected chi connectivity index (χ1v) is 11.2. The number of carbonyl (C=O) groups excluding carboxylic acids is 2. The lowest BCUT2D eigenvalue weighted by Crippen LogP contribution is -2.51. The summed E-state index contributed by atoms with van der Waals surface area (Å²) in [5.74, 6) is 0.296. The molecular formula is C25H33ClN2O3. The Hall–Kier alpha value is -2.53. The summed E-state index contributed by atoms with van der Waals surface area (Å²) in [4.78, 5) is 27.8. The molecule has 0 spiro atoms. The zero-order chi connectivity index (χ0) is 23.0. The van der Waals surface area contributed by atoms with E-state index in [1.807, 2.05) is 65.0 Å². The first-order valence-electron chi connectivity index (χ1n) is 10.8. The van der Waals surface area contributed by atoms with Gasteiger partial charge in [0.25, 0.3) is 5.91 Å². The minimum atomic E-state index is -0.584. The predicted molar refractivity (Wildman–Crippen MR) is 125 cm³/mol. The Bertz CT molecular complexity index is 883. The van der Waals surface area contributed by atoms with Crippen molar-refractivity contribution in [3.63, 3.8) is 0 Å². The first-order chi connectivity index (χ1) is 14.7. The van der Waals surface area contributed by atoms with E-state index in [1.165, 1.54) is 0 Å². The molecule has 0 saturated carbocycles. The third kappa shape index (κ3) is 7.28. The number of benzene rings is 2. The third-order valence-corrected chi connectivity index (χ3v) is 5.60. The van der Waals surface area contributed by atoms with Gasteiger partial charge in [0.1, 0.15) is 11.8 Å². The molecule has 5 nitrogen and oxygen atoms in total. The van der Waals surface area contributed by atoms with Gasteiger partial charge in [-0.2, -0.15) is 0 Å². The van der Waals surface area contributed by atoms with Crippen molar-refractivity contribution in [3.05, 3.63) is 64.2 Å². The quantitative estimate of drug-likeness (QED) is 0.557. The molecule has 0 saturated heterocycles. The molecule has 31 heavy (non-hydrogen) atoms. The maximum atomic E-state index is 13.2. The zero-order valence-corrected chi connectivity index (χ0v) is 19.8. The average Bonchev–Trinajstić information content (AvgIpc) is 2.75. The smallest absolute Gasteiger partial charge is 0.261 e. The maximum Gasteiger partial charge on any atom is 0.261 e. The number of ether oxygens (including phenoxy) is 1. The van der Waals surface area contributed by atoms with Crippen molar-refractivity contribution < 1.29 is 14.3 Å². The summed E-state index contributed by atoms with van der Waals surface area (Å²) in [5.41, 5.74) is 2.92. The molecule has 168 valence electrons. The van der Waals surface area contributed by atoms with Gasteiger partial charge in [-0.1, -0.05) is 49.7 Å². The Morgan fingerprint density at radius 3 is 2.35 bits per heavy atom. The lowest BCUT2D eigenvalue weighted by Gasteiger charge is -2.31. The van der Waals surface area contributed by atoms with Crippen LogP contribution in [0.2, 0.25) is 5.02 Å². The minimum absolute atomic E-state index is 0.0419. The predicted octanol–water partition coefficient (Wildman–Crippen LogP) is 5.06. The number of halogens is 1. The number of hydrogen-bond donors (Lipinski definition) is 1. The van der Waals surface area contributed by atoms with Crippen molar-refractivity contribution in [2.75, 3.05) is 6.61 Å². The van der Waals surface area contributed by atoms with Crippen molar-refractivity contribution in [1.82, 2.24) is 10.2 Å². The molecule has 0 aliphatic heterocycles. The Morgan fingerprint density at radius 1 is 1.06 bits per heavy atom. The highest BCUT2D eigenvalue weighted by molar-refractivity contribution is 6.30. The maximum absolute atomic E-state index is 13.2. The molecule has 0 fully saturated rings. The molecule has 2 rings (SSSR count). The molecular weight excluding hydrogens is 412 g/mol. The Morgan fingerprint density at radius 2 is 1.74 bits per heavy atom. The largest absolute Gasteiger partial charge is 0.483 e.